The maximum atomic E-state index is 12.1. The lowest BCUT2D eigenvalue weighted by Crippen LogP contribution is -2.26. The van der Waals surface area contributed by atoms with Crippen LogP contribution in [0.2, 0.25) is 0 Å². The fourth-order valence-corrected chi connectivity index (χ4v) is 2.58. The molecule has 3 N–H and O–H groups in total. The smallest absolute Gasteiger partial charge is 0.370 e. The molecular formula is C12H13BrF3N3O2. The molecule has 0 bridgehead atoms. The summed E-state index contributed by atoms with van der Waals surface area (Å²) in [7, 11) is 1.62. The first-order valence-electron chi connectivity index (χ1n) is 6.03. The van der Waals surface area contributed by atoms with E-state index < -0.39 is 18.8 Å². The van der Waals surface area contributed by atoms with Gasteiger partial charge in [0.05, 0.1) is 23.7 Å². The van der Waals surface area contributed by atoms with Crippen LogP contribution in [0.15, 0.2) is 21.4 Å². The fraction of sp³-hybridized carbons (Fsp3) is 0.417. The van der Waals surface area contributed by atoms with Gasteiger partial charge < -0.3 is 20.0 Å². The van der Waals surface area contributed by atoms with Gasteiger partial charge >= 0.3 is 11.9 Å². The summed E-state index contributed by atoms with van der Waals surface area (Å²) in [5, 5.41) is 2.89. The van der Waals surface area contributed by atoms with Crippen LogP contribution in [0.25, 0.3) is 11.0 Å². The highest BCUT2D eigenvalue weighted by Crippen LogP contribution is 2.27. The highest BCUT2D eigenvalue weighted by molar-refractivity contribution is 9.10. The predicted octanol–water partition coefficient (Wildman–Crippen LogP) is 2.46. The van der Waals surface area contributed by atoms with Crippen molar-refractivity contribution in [1.82, 2.24) is 15.3 Å². The van der Waals surface area contributed by atoms with Crippen molar-refractivity contribution in [3.05, 3.63) is 32.7 Å². The molecule has 21 heavy (non-hydrogen) atoms. The summed E-state index contributed by atoms with van der Waals surface area (Å²) in [4.78, 5) is 16.5. The van der Waals surface area contributed by atoms with Crippen LogP contribution in [0, 0.1) is 0 Å². The van der Waals surface area contributed by atoms with Gasteiger partial charge in [-0.3, -0.25) is 0 Å². The minimum atomic E-state index is -4.36. The SMILES string of the molecule is CNC(COCC(F)(F)F)c1cc2[nH]c(=O)[nH]c2cc1Br. The topological polar surface area (TPSA) is 69.9 Å². The van der Waals surface area contributed by atoms with Gasteiger partial charge in [0.1, 0.15) is 6.61 Å². The second-order valence-corrected chi connectivity index (χ2v) is 5.32. The molecule has 1 aromatic carbocycles. The molecule has 5 nitrogen and oxygen atoms in total. The van der Waals surface area contributed by atoms with E-state index in [4.69, 9.17) is 0 Å². The van der Waals surface area contributed by atoms with Crippen LogP contribution in [-0.2, 0) is 4.74 Å². The van der Waals surface area contributed by atoms with Crippen LogP contribution in [0.1, 0.15) is 11.6 Å². The molecule has 1 unspecified atom stereocenters. The van der Waals surface area contributed by atoms with E-state index in [-0.39, 0.29) is 12.3 Å². The minimum absolute atomic E-state index is 0.144. The summed E-state index contributed by atoms with van der Waals surface area (Å²) in [6, 6.07) is 2.94. The lowest BCUT2D eigenvalue weighted by atomic mass is 10.1. The van der Waals surface area contributed by atoms with Gasteiger partial charge in [-0.15, -0.1) is 0 Å². The van der Waals surface area contributed by atoms with Gasteiger partial charge in [-0.25, -0.2) is 4.79 Å². The van der Waals surface area contributed by atoms with E-state index in [0.717, 1.165) is 0 Å². The van der Waals surface area contributed by atoms with Crippen molar-refractivity contribution in [3.8, 4) is 0 Å². The molecular weight excluding hydrogens is 355 g/mol. The normalized spacial score (nSPS) is 13.8. The summed E-state index contributed by atoms with van der Waals surface area (Å²) in [5.74, 6) is 0. The van der Waals surface area contributed by atoms with Gasteiger partial charge in [-0.2, -0.15) is 13.2 Å². The lowest BCUT2D eigenvalue weighted by molar-refractivity contribution is -0.175. The zero-order valence-electron chi connectivity index (χ0n) is 11.0. The average Bonchev–Trinajstić information content (AvgIpc) is 2.72. The quantitative estimate of drug-likeness (QED) is 0.760. The van der Waals surface area contributed by atoms with E-state index >= 15 is 0 Å². The van der Waals surface area contributed by atoms with E-state index in [2.05, 4.69) is 36.0 Å². The number of fused-ring (bicyclic) bond motifs is 1. The number of halogens is 4. The van der Waals surface area contributed by atoms with Crippen molar-refractivity contribution < 1.29 is 17.9 Å². The highest BCUT2D eigenvalue weighted by atomic mass is 79.9. The molecule has 0 aliphatic rings. The summed E-state index contributed by atoms with van der Waals surface area (Å²) >= 11 is 3.35. The maximum Gasteiger partial charge on any atom is 0.411 e. The molecule has 9 heteroatoms. The van der Waals surface area contributed by atoms with Gasteiger partial charge in [-0.05, 0) is 24.7 Å². The Labute approximate surface area is 126 Å². The van der Waals surface area contributed by atoms with E-state index in [1.165, 1.54) is 0 Å². The van der Waals surface area contributed by atoms with E-state index in [9.17, 15) is 18.0 Å². The molecule has 0 saturated heterocycles. The van der Waals surface area contributed by atoms with E-state index in [0.29, 0.717) is 21.1 Å². The molecule has 0 radical (unpaired) electrons. The van der Waals surface area contributed by atoms with E-state index in [1.54, 1.807) is 19.2 Å². The van der Waals surface area contributed by atoms with Crippen LogP contribution >= 0.6 is 15.9 Å². The van der Waals surface area contributed by atoms with Gasteiger partial charge in [-0.1, -0.05) is 15.9 Å². The molecule has 0 aliphatic carbocycles. The molecule has 2 rings (SSSR count). The van der Waals surface area contributed by atoms with Crippen LogP contribution in [0.5, 0.6) is 0 Å². The number of H-pyrrole nitrogens is 2. The second kappa shape index (κ2) is 6.20. The van der Waals surface area contributed by atoms with Crippen molar-refractivity contribution >= 4 is 27.0 Å². The molecule has 0 spiro atoms. The summed E-state index contributed by atoms with van der Waals surface area (Å²) < 4.78 is 41.7. The molecule has 1 atom stereocenters. The van der Waals surface area contributed by atoms with Crippen molar-refractivity contribution in [2.75, 3.05) is 20.3 Å². The first-order valence-corrected chi connectivity index (χ1v) is 6.82. The monoisotopic (exact) mass is 367 g/mol. The number of imidazole rings is 1. The van der Waals surface area contributed by atoms with Crippen LogP contribution < -0.4 is 11.0 Å². The van der Waals surface area contributed by atoms with Gasteiger partial charge in [0.25, 0.3) is 0 Å². The third kappa shape index (κ3) is 4.08. The number of rotatable bonds is 5. The van der Waals surface area contributed by atoms with Crippen LogP contribution in [-0.4, -0.2) is 36.4 Å². The number of ether oxygens (including phenoxy) is 1. The van der Waals surface area contributed by atoms with Crippen LogP contribution in [0.3, 0.4) is 0 Å². The third-order valence-electron chi connectivity index (χ3n) is 2.91. The summed E-state index contributed by atoms with van der Waals surface area (Å²) in [5.41, 5.74) is 1.54. The van der Waals surface area contributed by atoms with Gasteiger partial charge in [0, 0.05) is 4.47 Å². The zero-order valence-corrected chi connectivity index (χ0v) is 12.6. The molecule has 0 saturated carbocycles. The Hall–Kier alpha value is -1.32. The molecule has 1 heterocycles. The van der Waals surface area contributed by atoms with Crippen molar-refractivity contribution in [2.24, 2.45) is 0 Å². The maximum absolute atomic E-state index is 12.1. The van der Waals surface area contributed by atoms with Crippen molar-refractivity contribution in [3.63, 3.8) is 0 Å². The second-order valence-electron chi connectivity index (χ2n) is 4.47. The van der Waals surface area contributed by atoms with Crippen molar-refractivity contribution in [2.45, 2.75) is 12.2 Å². The van der Waals surface area contributed by atoms with Gasteiger partial charge in [0.15, 0.2) is 0 Å². The minimum Gasteiger partial charge on any atom is -0.370 e. The van der Waals surface area contributed by atoms with Gasteiger partial charge in [0.2, 0.25) is 0 Å². The van der Waals surface area contributed by atoms with E-state index in [1.807, 2.05) is 0 Å². The number of aromatic nitrogens is 2. The Bertz CT molecular complexity index is 680. The fourth-order valence-electron chi connectivity index (χ4n) is 1.96. The molecule has 1 aromatic heterocycles. The number of nitrogens with one attached hydrogen (secondary N) is 3. The largest absolute Gasteiger partial charge is 0.411 e. The number of hydrogen-bond acceptors (Lipinski definition) is 3. The first kappa shape index (κ1) is 16.1. The predicted molar refractivity (Wildman–Crippen MR) is 75.3 cm³/mol. The Morgan fingerprint density at radius 1 is 1.33 bits per heavy atom. The molecule has 0 amide bonds. The molecule has 116 valence electrons. The molecule has 0 aliphatic heterocycles. The molecule has 2 aromatic rings. The molecule has 0 fully saturated rings. The number of benzene rings is 1. The number of alkyl halides is 3. The third-order valence-corrected chi connectivity index (χ3v) is 3.59. The summed E-state index contributed by atoms with van der Waals surface area (Å²) in [6.45, 7) is -1.44. The highest BCUT2D eigenvalue weighted by Gasteiger charge is 2.28. The van der Waals surface area contributed by atoms with Crippen LogP contribution in [0.4, 0.5) is 13.2 Å². The number of hydrogen-bond donors (Lipinski definition) is 3. The zero-order chi connectivity index (χ0) is 15.6. The number of aromatic amines is 2. The Morgan fingerprint density at radius 3 is 2.52 bits per heavy atom. The average molecular weight is 368 g/mol. The lowest BCUT2D eigenvalue weighted by Gasteiger charge is -2.19. The van der Waals surface area contributed by atoms with Crippen molar-refractivity contribution in [1.29, 1.82) is 0 Å². The Kier molecular flexibility index (Phi) is 4.74. The standard InChI is InChI=1S/C12H13BrF3N3O2/c1-17-10(4-21-5-12(14,15)16)6-2-8-9(3-7(6)13)19-11(20)18-8/h2-3,10,17H,4-5H2,1H3,(H2,18,19,20). The Morgan fingerprint density at radius 2 is 1.95 bits per heavy atom. The summed E-state index contributed by atoms with van der Waals surface area (Å²) in [6.07, 6.45) is -4.36. The number of likely N-dealkylation sites (N-methyl/N-ethyl adjacent to an activating group) is 1. The Balaban J connectivity index is 2.21. The first-order chi connectivity index (χ1) is 9.80.